The molecule has 2 aromatic carbocycles. The van der Waals surface area contributed by atoms with Crippen LogP contribution in [0.4, 0.5) is 4.53 Å². The van der Waals surface area contributed by atoms with Crippen LogP contribution in [0.3, 0.4) is 0 Å². The molecule has 0 radical (unpaired) electrons. The van der Waals surface area contributed by atoms with Crippen LogP contribution in [0, 0.1) is 0 Å². The van der Waals surface area contributed by atoms with Crippen molar-refractivity contribution in [1.82, 2.24) is 0 Å². The molecule has 0 heterocycles. The van der Waals surface area contributed by atoms with Crippen molar-refractivity contribution in [3.05, 3.63) is 77.4 Å². The molecule has 0 aliphatic rings. The Morgan fingerprint density at radius 2 is 1.77 bits per heavy atom. The summed E-state index contributed by atoms with van der Waals surface area (Å²) in [5.74, 6) is -2.27. The first kappa shape index (κ1) is 25.4. The Bertz CT molecular complexity index is 963. The maximum absolute atomic E-state index is 11.9. The SMILES string of the molecule is C=Cc1ccc(COC(=O)CS(=O)(=O)OF)c(C[N+](C)(C)Cc2ccccc2)c1.[F-]. The van der Waals surface area contributed by atoms with Gasteiger partial charge in [0, 0.05) is 11.1 Å². The number of esters is 1. The van der Waals surface area contributed by atoms with E-state index in [2.05, 4.69) is 37.2 Å². The predicted octanol–water partition coefficient (Wildman–Crippen LogP) is 0.384. The number of ether oxygens (including phenoxy) is 1. The van der Waals surface area contributed by atoms with Crippen molar-refractivity contribution >= 4 is 22.2 Å². The van der Waals surface area contributed by atoms with E-state index in [1.165, 1.54) is 5.56 Å². The molecule has 30 heavy (non-hydrogen) atoms. The standard InChI is InChI=1S/C21H25FNO5S.FH/c1-4-17-10-11-19(15-27-21(24)16-29(25,26)28-22)20(12-17)14-23(2,3)13-18-8-6-5-7-9-18;/h4-12H,1,13-16H2,2-3H3;1H/q+1;/p-1. The monoisotopic (exact) mass is 441 g/mol. The molecular formula is C21H25F2NO5S. The number of rotatable bonds is 10. The van der Waals surface area contributed by atoms with E-state index in [9.17, 15) is 17.7 Å². The molecule has 2 rings (SSSR count). The lowest BCUT2D eigenvalue weighted by Crippen LogP contribution is -3.00. The van der Waals surface area contributed by atoms with Gasteiger partial charge in [0.05, 0.1) is 14.1 Å². The highest BCUT2D eigenvalue weighted by atomic mass is 32.2. The molecule has 0 saturated carbocycles. The van der Waals surface area contributed by atoms with Crippen LogP contribution in [-0.2, 0) is 43.7 Å². The minimum atomic E-state index is -4.56. The Labute approximate surface area is 175 Å². The van der Waals surface area contributed by atoms with Crippen LogP contribution in [0.15, 0.2) is 55.1 Å². The molecule has 0 saturated heterocycles. The summed E-state index contributed by atoms with van der Waals surface area (Å²) in [5.41, 5.74) is 3.80. The van der Waals surface area contributed by atoms with Crippen molar-refractivity contribution in [1.29, 1.82) is 0 Å². The second-order valence-corrected chi connectivity index (χ2v) is 8.93. The Hall–Kier alpha value is -2.62. The Morgan fingerprint density at radius 3 is 2.37 bits per heavy atom. The van der Waals surface area contributed by atoms with E-state index in [0.29, 0.717) is 11.0 Å². The van der Waals surface area contributed by atoms with Gasteiger partial charge in [0.15, 0.2) is 5.75 Å². The minimum absolute atomic E-state index is 0. The lowest BCUT2D eigenvalue weighted by molar-refractivity contribution is -0.916. The molecule has 0 spiro atoms. The van der Waals surface area contributed by atoms with Gasteiger partial charge < -0.3 is 13.9 Å². The predicted molar refractivity (Wildman–Crippen MR) is 108 cm³/mol. The Kier molecular flexibility index (Phi) is 9.28. The summed E-state index contributed by atoms with van der Waals surface area (Å²) in [6.07, 6.45) is 1.72. The molecule has 0 atom stereocenters. The van der Waals surface area contributed by atoms with Crippen LogP contribution in [0.5, 0.6) is 0 Å². The van der Waals surface area contributed by atoms with E-state index in [1.54, 1.807) is 6.08 Å². The molecule has 0 aromatic heterocycles. The van der Waals surface area contributed by atoms with Gasteiger partial charge in [-0.1, -0.05) is 59.5 Å². The second-order valence-electron chi connectivity index (χ2n) is 7.40. The molecule has 0 fully saturated rings. The van der Waals surface area contributed by atoms with Crippen molar-refractivity contribution in [2.75, 3.05) is 19.8 Å². The molecule has 6 nitrogen and oxygen atoms in total. The van der Waals surface area contributed by atoms with Crippen molar-refractivity contribution < 1.29 is 36.1 Å². The molecular weight excluding hydrogens is 416 g/mol. The zero-order chi connectivity index (χ0) is 21.5. The van der Waals surface area contributed by atoms with Crippen molar-refractivity contribution in [2.24, 2.45) is 0 Å². The fourth-order valence-electron chi connectivity index (χ4n) is 3.02. The largest absolute Gasteiger partial charge is 1.00 e. The van der Waals surface area contributed by atoms with E-state index in [1.807, 2.05) is 36.4 Å². The maximum atomic E-state index is 11.9. The van der Waals surface area contributed by atoms with Crippen LogP contribution in [0.25, 0.3) is 6.08 Å². The van der Waals surface area contributed by atoms with Crippen molar-refractivity contribution in [2.45, 2.75) is 19.7 Å². The summed E-state index contributed by atoms with van der Waals surface area (Å²) in [4.78, 5) is 11.7. The minimum Gasteiger partial charge on any atom is -1.00 e. The number of benzene rings is 2. The van der Waals surface area contributed by atoms with Gasteiger partial charge in [0.25, 0.3) is 0 Å². The first-order valence-electron chi connectivity index (χ1n) is 8.93. The highest BCUT2D eigenvalue weighted by molar-refractivity contribution is 7.87. The van der Waals surface area contributed by atoms with Gasteiger partial charge in [-0.25, -0.2) is 0 Å². The fourth-order valence-corrected chi connectivity index (χ4v) is 3.44. The summed E-state index contributed by atoms with van der Waals surface area (Å²) in [6, 6.07) is 15.7. The van der Waals surface area contributed by atoms with E-state index >= 15 is 0 Å². The number of halogens is 2. The normalized spacial score (nSPS) is 11.4. The average molecular weight is 441 g/mol. The highest BCUT2D eigenvalue weighted by Gasteiger charge is 2.22. The zero-order valence-corrected chi connectivity index (χ0v) is 17.7. The maximum Gasteiger partial charge on any atom is 0.324 e. The summed E-state index contributed by atoms with van der Waals surface area (Å²) in [6.45, 7) is 5.10. The first-order valence-corrected chi connectivity index (χ1v) is 10.5. The van der Waals surface area contributed by atoms with Gasteiger partial charge >= 0.3 is 16.1 Å². The number of nitrogens with zero attached hydrogens (tertiary/aromatic N) is 1. The quantitative estimate of drug-likeness (QED) is 0.394. The van der Waals surface area contributed by atoms with Crippen LogP contribution < -0.4 is 4.70 Å². The lowest BCUT2D eigenvalue weighted by Gasteiger charge is -2.31. The molecule has 164 valence electrons. The van der Waals surface area contributed by atoms with Gasteiger partial charge in [-0.05, 0) is 21.7 Å². The third kappa shape index (κ3) is 8.02. The van der Waals surface area contributed by atoms with Gasteiger partial charge in [0.1, 0.15) is 19.7 Å². The summed E-state index contributed by atoms with van der Waals surface area (Å²) >= 11 is 0. The molecule has 0 amide bonds. The fraction of sp³-hybridized carbons (Fsp3) is 0.286. The van der Waals surface area contributed by atoms with E-state index < -0.39 is 21.8 Å². The number of carbonyl (C=O) groups excluding carboxylic acids is 1. The molecule has 0 bridgehead atoms. The summed E-state index contributed by atoms with van der Waals surface area (Å²) < 4.78 is 42.4. The Balaban J connectivity index is 0.00000450. The smallest absolute Gasteiger partial charge is 0.324 e. The molecule has 0 aliphatic heterocycles. The van der Waals surface area contributed by atoms with Crippen molar-refractivity contribution in [3.8, 4) is 0 Å². The molecule has 0 unspecified atom stereocenters. The van der Waals surface area contributed by atoms with Gasteiger partial charge in [0.2, 0.25) is 0 Å². The van der Waals surface area contributed by atoms with Crippen LogP contribution in [0.2, 0.25) is 0 Å². The first-order chi connectivity index (χ1) is 13.6. The number of carbonyl (C=O) groups is 1. The highest BCUT2D eigenvalue weighted by Crippen LogP contribution is 2.21. The molecule has 9 heteroatoms. The molecule has 0 N–H and O–H groups in total. The summed E-state index contributed by atoms with van der Waals surface area (Å²) in [7, 11) is -0.381. The molecule has 0 aliphatic carbocycles. The second kappa shape index (κ2) is 11.0. The van der Waals surface area contributed by atoms with E-state index in [4.69, 9.17) is 4.74 Å². The van der Waals surface area contributed by atoms with Crippen molar-refractivity contribution in [3.63, 3.8) is 0 Å². The molecule has 2 aromatic rings. The van der Waals surface area contributed by atoms with Gasteiger partial charge in [-0.3, -0.25) is 4.79 Å². The number of hydrogen-bond donors (Lipinski definition) is 0. The average Bonchev–Trinajstić information content (AvgIpc) is 2.66. The zero-order valence-electron chi connectivity index (χ0n) is 16.9. The van der Waals surface area contributed by atoms with Gasteiger partial charge in [-0.15, -0.1) is 0 Å². The van der Waals surface area contributed by atoms with Crippen LogP contribution in [-0.4, -0.2) is 38.7 Å². The third-order valence-electron chi connectivity index (χ3n) is 4.30. The third-order valence-corrected chi connectivity index (χ3v) is 5.08. The lowest BCUT2D eigenvalue weighted by atomic mass is 10.0. The number of quaternary nitrogens is 1. The number of hydrogen-bond acceptors (Lipinski definition) is 5. The summed E-state index contributed by atoms with van der Waals surface area (Å²) in [5, 5.41) is 0. The topological polar surface area (TPSA) is 69.7 Å². The van der Waals surface area contributed by atoms with Gasteiger partial charge in [-0.2, -0.15) is 8.42 Å². The van der Waals surface area contributed by atoms with E-state index in [0.717, 1.165) is 23.2 Å². The van der Waals surface area contributed by atoms with Crippen LogP contribution in [0.1, 0.15) is 22.3 Å². The van der Waals surface area contributed by atoms with Crippen LogP contribution >= 0.6 is 0 Å². The Morgan fingerprint density at radius 1 is 1.10 bits per heavy atom. The van der Waals surface area contributed by atoms with E-state index in [-0.39, 0.29) is 11.3 Å².